The summed E-state index contributed by atoms with van der Waals surface area (Å²) in [5.41, 5.74) is -0.173. The maximum atomic E-state index is 13.6. The Morgan fingerprint density at radius 3 is 2.60 bits per heavy atom. The van der Waals surface area contributed by atoms with Gasteiger partial charge in [-0.15, -0.1) is 0 Å². The minimum absolute atomic E-state index is 0.0143. The van der Waals surface area contributed by atoms with E-state index in [1.807, 2.05) is 4.90 Å². The maximum Gasteiger partial charge on any atom is 0.317 e. The zero-order valence-corrected chi connectivity index (χ0v) is 14.3. The van der Waals surface area contributed by atoms with E-state index in [4.69, 9.17) is 5.11 Å². The fourth-order valence-corrected chi connectivity index (χ4v) is 3.05. The molecule has 1 aromatic carbocycles. The van der Waals surface area contributed by atoms with Gasteiger partial charge in [0.15, 0.2) is 0 Å². The molecule has 0 spiro atoms. The summed E-state index contributed by atoms with van der Waals surface area (Å²) in [5.74, 6) is -2.57. The molecule has 2 N–H and O–H groups in total. The first-order valence-electron chi connectivity index (χ1n) is 8.20. The van der Waals surface area contributed by atoms with E-state index in [2.05, 4.69) is 5.32 Å². The molecule has 8 heteroatoms. The number of likely N-dealkylation sites (tertiary alicyclic amines) is 1. The number of nitrogens with one attached hydrogen (secondary N) is 1. The quantitative estimate of drug-likeness (QED) is 0.814. The molecule has 1 atom stereocenters. The molecule has 0 bridgehead atoms. The van der Waals surface area contributed by atoms with E-state index >= 15 is 0 Å². The van der Waals surface area contributed by atoms with E-state index in [0.29, 0.717) is 13.1 Å². The number of benzene rings is 1. The van der Waals surface area contributed by atoms with Crippen LogP contribution in [0.15, 0.2) is 18.2 Å². The number of aliphatic carboxylic acids is 1. The summed E-state index contributed by atoms with van der Waals surface area (Å²) in [6.45, 7) is 2.97. The molecule has 1 fully saturated rings. The average Bonchev–Trinajstić information content (AvgIpc) is 2.57. The number of hydrogen-bond acceptors (Lipinski definition) is 4. The number of rotatable bonds is 6. The van der Waals surface area contributed by atoms with Crippen LogP contribution >= 0.6 is 0 Å². The molecule has 1 aliphatic heterocycles. The number of carbonyl (C=O) groups excluding carboxylic acids is 1. The summed E-state index contributed by atoms with van der Waals surface area (Å²) in [4.78, 5) is 26.8. The number of halogens is 2. The standard InChI is InChI=1S/C17H23F2N3O3/c1-11(17(25)20-15-9-12(18)3-4-14(15)19)22-7-5-13(6-8-22)21(2)10-16(23)24/h3-4,9,11,13H,5-8,10H2,1-2H3,(H,20,25)(H,23,24). The van der Waals surface area contributed by atoms with Crippen molar-refractivity contribution in [2.75, 3.05) is 32.0 Å². The largest absolute Gasteiger partial charge is 0.480 e. The fraction of sp³-hybridized carbons (Fsp3) is 0.529. The van der Waals surface area contributed by atoms with Crippen molar-refractivity contribution in [2.45, 2.75) is 31.8 Å². The van der Waals surface area contributed by atoms with Crippen LogP contribution in [-0.4, -0.2) is 65.5 Å². The Balaban J connectivity index is 1.89. The SMILES string of the molecule is CC(C(=O)Nc1cc(F)ccc1F)N1CCC(N(C)CC(=O)O)CC1. The van der Waals surface area contributed by atoms with Crippen molar-refractivity contribution in [2.24, 2.45) is 0 Å². The lowest BCUT2D eigenvalue weighted by molar-refractivity contribution is -0.138. The molecule has 0 aromatic heterocycles. The molecule has 1 unspecified atom stereocenters. The smallest absolute Gasteiger partial charge is 0.317 e. The highest BCUT2D eigenvalue weighted by molar-refractivity contribution is 5.94. The van der Waals surface area contributed by atoms with Crippen LogP contribution in [0, 0.1) is 11.6 Å². The first kappa shape index (κ1) is 19.3. The summed E-state index contributed by atoms with van der Waals surface area (Å²) in [7, 11) is 1.78. The molecule has 1 aliphatic rings. The summed E-state index contributed by atoms with van der Waals surface area (Å²) < 4.78 is 26.8. The van der Waals surface area contributed by atoms with E-state index in [0.717, 1.165) is 31.0 Å². The molecule has 2 rings (SSSR count). The van der Waals surface area contributed by atoms with Crippen LogP contribution in [0.25, 0.3) is 0 Å². The Morgan fingerprint density at radius 1 is 1.36 bits per heavy atom. The molecule has 6 nitrogen and oxygen atoms in total. The van der Waals surface area contributed by atoms with E-state index in [1.54, 1.807) is 18.9 Å². The van der Waals surface area contributed by atoms with Gasteiger partial charge >= 0.3 is 5.97 Å². The van der Waals surface area contributed by atoms with Crippen molar-refractivity contribution in [3.8, 4) is 0 Å². The average molecular weight is 355 g/mol. The second-order valence-corrected chi connectivity index (χ2v) is 6.37. The number of carbonyl (C=O) groups is 2. The van der Waals surface area contributed by atoms with Gasteiger partial charge < -0.3 is 10.4 Å². The highest BCUT2D eigenvalue weighted by Crippen LogP contribution is 2.19. The van der Waals surface area contributed by atoms with Crippen molar-refractivity contribution < 1.29 is 23.5 Å². The summed E-state index contributed by atoms with van der Waals surface area (Å²) in [5, 5.41) is 11.3. The number of nitrogens with zero attached hydrogens (tertiary/aromatic N) is 2. The van der Waals surface area contributed by atoms with Gasteiger partial charge in [0, 0.05) is 25.2 Å². The van der Waals surface area contributed by atoms with Crippen LogP contribution in [0.3, 0.4) is 0 Å². The van der Waals surface area contributed by atoms with Gasteiger partial charge in [-0.2, -0.15) is 0 Å². The van der Waals surface area contributed by atoms with Crippen molar-refractivity contribution >= 4 is 17.6 Å². The minimum atomic E-state index is -0.866. The van der Waals surface area contributed by atoms with Crippen molar-refractivity contribution in [1.29, 1.82) is 0 Å². The number of piperidine rings is 1. The van der Waals surface area contributed by atoms with Gasteiger partial charge in [0.05, 0.1) is 18.3 Å². The lowest BCUT2D eigenvalue weighted by Crippen LogP contribution is -2.50. The monoisotopic (exact) mass is 355 g/mol. The summed E-state index contributed by atoms with van der Waals surface area (Å²) in [6.07, 6.45) is 1.49. The Bertz CT molecular complexity index is 634. The van der Waals surface area contributed by atoms with Crippen molar-refractivity contribution in [3.05, 3.63) is 29.8 Å². The molecule has 25 heavy (non-hydrogen) atoms. The maximum absolute atomic E-state index is 13.6. The Kier molecular flexibility index (Phi) is 6.44. The van der Waals surface area contributed by atoms with E-state index in [-0.39, 0.29) is 18.3 Å². The van der Waals surface area contributed by atoms with Gasteiger partial charge in [-0.3, -0.25) is 19.4 Å². The van der Waals surface area contributed by atoms with Crippen LogP contribution in [0.5, 0.6) is 0 Å². The molecular formula is C17H23F2N3O3. The van der Waals surface area contributed by atoms with Crippen molar-refractivity contribution in [1.82, 2.24) is 9.80 Å². The van der Waals surface area contributed by atoms with Crippen molar-refractivity contribution in [3.63, 3.8) is 0 Å². The zero-order chi connectivity index (χ0) is 18.6. The molecule has 1 heterocycles. The number of anilines is 1. The van der Waals surface area contributed by atoms with Crippen LogP contribution < -0.4 is 5.32 Å². The van der Waals surface area contributed by atoms with Gasteiger partial charge in [0.1, 0.15) is 11.6 Å². The number of likely N-dealkylation sites (N-methyl/N-ethyl adjacent to an activating group) is 1. The highest BCUT2D eigenvalue weighted by atomic mass is 19.1. The molecule has 1 amide bonds. The molecule has 1 aromatic rings. The lowest BCUT2D eigenvalue weighted by atomic mass is 10.0. The predicted molar refractivity (Wildman–Crippen MR) is 89.3 cm³/mol. The summed E-state index contributed by atoms with van der Waals surface area (Å²) in [6, 6.07) is 2.58. The Morgan fingerprint density at radius 2 is 2.00 bits per heavy atom. The lowest BCUT2D eigenvalue weighted by Gasteiger charge is -2.38. The van der Waals surface area contributed by atoms with Gasteiger partial charge in [0.2, 0.25) is 5.91 Å². The second kappa shape index (κ2) is 8.35. The van der Waals surface area contributed by atoms with E-state index < -0.39 is 29.6 Å². The minimum Gasteiger partial charge on any atom is -0.480 e. The molecular weight excluding hydrogens is 332 g/mol. The second-order valence-electron chi connectivity index (χ2n) is 6.37. The topological polar surface area (TPSA) is 72.9 Å². The molecule has 0 saturated carbocycles. The number of carboxylic acid groups (broad SMARTS) is 1. The van der Waals surface area contributed by atoms with E-state index in [1.165, 1.54) is 0 Å². The highest BCUT2D eigenvalue weighted by Gasteiger charge is 2.29. The van der Waals surface area contributed by atoms with Gasteiger partial charge in [-0.25, -0.2) is 8.78 Å². The Hall–Kier alpha value is -2.06. The van der Waals surface area contributed by atoms with Crippen LogP contribution in [-0.2, 0) is 9.59 Å². The van der Waals surface area contributed by atoms with Gasteiger partial charge in [-0.1, -0.05) is 0 Å². The third kappa shape index (κ3) is 5.20. The molecule has 1 saturated heterocycles. The third-order valence-electron chi connectivity index (χ3n) is 4.62. The first-order chi connectivity index (χ1) is 11.8. The Labute approximate surface area is 145 Å². The number of amides is 1. The number of hydrogen-bond donors (Lipinski definition) is 2. The molecule has 0 aliphatic carbocycles. The normalized spacial score (nSPS) is 17.5. The molecule has 0 radical (unpaired) electrons. The molecule has 138 valence electrons. The first-order valence-corrected chi connectivity index (χ1v) is 8.20. The predicted octanol–water partition coefficient (Wildman–Crippen LogP) is 1.77. The summed E-state index contributed by atoms with van der Waals surface area (Å²) >= 11 is 0. The van der Waals surface area contributed by atoms with Crippen LogP contribution in [0.4, 0.5) is 14.5 Å². The van der Waals surface area contributed by atoms with Crippen LogP contribution in [0.2, 0.25) is 0 Å². The van der Waals surface area contributed by atoms with Gasteiger partial charge in [-0.05, 0) is 38.9 Å². The fourth-order valence-electron chi connectivity index (χ4n) is 3.05. The van der Waals surface area contributed by atoms with Crippen LogP contribution in [0.1, 0.15) is 19.8 Å². The van der Waals surface area contributed by atoms with E-state index in [9.17, 15) is 18.4 Å². The zero-order valence-electron chi connectivity index (χ0n) is 14.3. The number of carboxylic acids is 1. The third-order valence-corrected chi connectivity index (χ3v) is 4.62. The van der Waals surface area contributed by atoms with Gasteiger partial charge in [0.25, 0.3) is 0 Å².